The minimum absolute atomic E-state index is 0.371. The molecule has 1 unspecified atom stereocenters. The minimum atomic E-state index is -1.07. The number of benzene rings is 1. The molecule has 0 saturated carbocycles. The van der Waals surface area contributed by atoms with Gasteiger partial charge in [0.05, 0.1) is 20.3 Å². The van der Waals surface area contributed by atoms with Crippen LogP contribution in [0.2, 0.25) is 0 Å². The van der Waals surface area contributed by atoms with Gasteiger partial charge in [0.1, 0.15) is 5.75 Å². The van der Waals surface area contributed by atoms with Crippen LogP contribution in [0.5, 0.6) is 5.75 Å². The van der Waals surface area contributed by atoms with Crippen LogP contribution in [0, 0.1) is 0 Å². The van der Waals surface area contributed by atoms with E-state index in [4.69, 9.17) is 9.84 Å². The first kappa shape index (κ1) is 16.0. The predicted octanol–water partition coefficient (Wildman–Crippen LogP) is 0.739. The Kier molecular flexibility index (Phi) is 6.52. The number of aliphatic hydroxyl groups is 1. The van der Waals surface area contributed by atoms with Gasteiger partial charge in [-0.05, 0) is 30.7 Å². The smallest absolute Gasteiger partial charge is 0.330 e. The van der Waals surface area contributed by atoms with E-state index in [9.17, 15) is 9.59 Å². The highest BCUT2D eigenvalue weighted by molar-refractivity contribution is 5.96. The van der Waals surface area contributed by atoms with E-state index in [1.54, 1.807) is 24.3 Å². The number of esters is 1. The Labute approximate surface area is 117 Å². The fraction of sp³-hybridized carbons (Fsp3) is 0.429. The van der Waals surface area contributed by atoms with Crippen LogP contribution in [-0.2, 0) is 9.53 Å². The number of rotatable bonds is 7. The van der Waals surface area contributed by atoms with Crippen molar-refractivity contribution in [2.75, 3.05) is 20.3 Å². The molecule has 1 rings (SSSR count). The SMILES string of the molecule is CCCOc1ccc(C(=O)NC(CO)C(=O)OC)cc1. The van der Waals surface area contributed by atoms with Gasteiger partial charge in [-0.2, -0.15) is 0 Å². The molecule has 0 bridgehead atoms. The second kappa shape index (κ2) is 8.16. The Morgan fingerprint density at radius 2 is 1.95 bits per heavy atom. The first-order chi connectivity index (χ1) is 9.62. The molecule has 0 spiro atoms. The zero-order valence-electron chi connectivity index (χ0n) is 11.6. The number of nitrogens with one attached hydrogen (secondary N) is 1. The van der Waals surface area contributed by atoms with E-state index in [2.05, 4.69) is 10.1 Å². The highest BCUT2D eigenvalue weighted by Gasteiger charge is 2.20. The fourth-order valence-corrected chi connectivity index (χ4v) is 1.49. The van der Waals surface area contributed by atoms with Crippen LogP contribution in [-0.4, -0.2) is 43.3 Å². The molecule has 6 nitrogen and oxygen atoms in total. The summed E-state index contributed by atoms with van der Waals surface area (Å²) >= 11 is 0. The summed E-state index contributed by atoms with van der Waals surface area (Å²) in [4.78, 5) is 23.2. The molecule has 1 atom stereocenters. The lowest BCUT2D eigenvalue weighted by atomic mass is 10.2. The van der Waals surface area contributed by atoms with Crippen molar-refractivity contribution < 1.29 is 24.2 Å². The van der Waals surface area contributed by atoms with Crippen molar-refractivity contribution in [3.8, 4) is 5.75 Å². The number of carbonyl (C=O) groups is 2. The fourth-order valence-electron chi connectivity index (χ4n) is 1.49. The Bertz CT molecular complexity index is 443. The van der Waals surface area contributed by atoms with Gasteiger partial charge in [-0.25, -0.2) is 4.79 Å². The molecule has 0 radical (unpaired) electrons. The van der Waals surface area contributed by atoms with Gasteiger partial charge in [0.15, 0.2) is 6.04 Å². The summed E-state index contributed by atoms with van der Waals surface area (Å²) in [5.74, 6) is -0.477. The van der Waals surface area contributed by atoms with Gasteiger partial charge in [0, 0.05) is 5.56 Å². The van der Waals surface area contributed by atoms with Gasteiger partial charge in [0.25, 0.3) is 5.91 Å². The summed E-state index contributed by atoms with van der Waals surface area (Å²) in [6.45, 7) is 2.10. The van der Waals surface area contributed by atoms with Gasteiger partial charge in [-0.1, -0.05) is 6.92 Å². The molecule has 6 heteroatoms. The Balaban J connectivity index is 2.65. The highest BCUT2D eigenvalue weighted by atomic mass is 16.5. The van der Waals surface area contributed by atoms with Gasteiger partial charge in [-0.3, -0.25) is 4.79 Å². The summed E-state index contributed by atoms with van der Waals surface area (Å²) in [6, 6.07) is 5.47. The third kappa shape index (κ3) is 4.55. The highest BCUT2D eigenvalue weighted by Crippen LogP contribution is 2.12. The lowest BCUT2D eigenvalue weighted by molar-refractivity contribution is -0.143. The van der Waals surface area contributed by atoms with E-state index < -0.39 is 24.5 Å². The normalized spacial score (nSPS) is 11.6. The quantitative estimate of drug-likeness (QED) is 0.720. The van der Waals surface area contributed by atoms with Crippen LogP contribution in [0.4, 0.5) is 0 Å². The van der Waals surface area contributed by atoms with Crippen LogP contribution in [0.1, 0.15) is 23.7 Å². The summed E-state index contributed by atoms with van der Waals surface area (Å²) in [7, 11) is 1.19. The number of hydrogen-bond acceptors (Lipinski definition) is 5. The van der Waals surface area contributed by atoms with Crippen LogP contribution in [0.25, 0.3) is 0 Å². The lowest BCUT2D eigenvalue weighted by Crippen LogP contribution is -2.44. The molecule has 110 valence electrons. The Morgan fingerprint density at radius 1 is 1.30 bits per heavy atom. The maximum absolute atomic E-state index is 11.9. The molecule has 0 saturated heterocycles. The molecule has 0 aliphatic carbocycles. The van der Waals surface area contributed by atoms with E-state index in [0.29, 0.717) is 17.9 Å². The van der Waals surface area contributed by atoms with Gasteiger partial charge < -0.3 is 19.9 Å². The molecule has 1 aromatic carbocycles. The average Bonchev–Trinajstić information content (AvgIpc) is 2.50. The van der Waals surface area contributed by atoms with Crippen molar-refractivity contribution in [3.63, 3.8) is 0 Å². The molecular formula is C14H19NO5. The predicted molar refractivity (Wildman–Crippen MR) is 72.6 cm³/mol. The molecule has 20 heavy (non-hydrogen) atoms. The Hall–Kier alpha value is -2.08. The summed E-state index contributed by atoms with van der Waals surface area (Å²) < 4.78 is 9.87. The van der Waals surface area contributed by atoms with E-state index in [1.165, 1.54) is 7.11 Å². The second-order valence-corrected chi connectivity index (χ2v) is 4.10. The third-order valence-electron chi connectivity index (χ3n) is 2.56. The van der Waals surface area contributed by atoms with Crippen LogP contribution in [0.3, 0.4) is 0 Å². The van der Waals surface area contributed by atoms with Crippen molar-refractivity contribution in [2.45, 2.75) is 19.4 Å². The second-order valence-electron chi connectivity index (χ2n) is 4.10. The first-order valence-corrected chi connectivity index (χ1v) is 6.34. The largest absolute Gasteiger partial charge is 0.494 e. The van der Waals surface area contributed by atoms with E-state index >= 15 is 0 Å². The standard InChI is InChI=1S/C14H19NO5/c1-3-8-20-11-6-4-10(5-7-11)13(17)15-12(9-16)14(18)19-2/h4-7,12,16H,3,8-9H2,1-2H3,(H,15,17). The van der Waals surface area contributed by atoms with Crippen molar-refractivity contribution in [2.24, 2.45) is 0 Å². The van der Waals surface area contributed by atoms with Crippen molar-refractivity contribution in [1.29, 1.82) is 0 Å². The zero-order chi connectivity index (χ0) is 15.0. The number of carbonyl (C=O) groups excluding carboxylic acids is 2. The monoisotopic (exact) mass is 281 g/mol. The lowest BCUT2D eigenvalue weighted by Gasteiger charge is -2.14. The van der Waals surface area contributed by atoms with Crippen LogP contribution < -0.4 is 10.1 Å². The first-order valence-electron chi connectivity index (χ1n) is 6.34. The number of ether oxygens (including phenoxy) is 2. The number of amides is 1. The molecule has 2 N–H and O–H groups in total. The molecule has 0 aromatic heterocycles. The summed E-state index contributed by atoms with van der Waals surface area (Å²) in [5, 5.41) is 11.4. The van der Waals surface area contributed by atoms with Crippen molar-refractivity contribution in [3.05, 3.63) is 29.8 Å². The minimum Gasteiger partial charge on any atom is -0.494 e. The van der Waals surface area contributed by atoms with E-state index in [0.717, 1.165) is 6.42 Å². The topological polar surface area (TPSA) is 84.9 Å². The molecule has 1 aromatic rings. The Morgan fingerprint density at radius 3 is 2.45 bits per heavy atom. The number of hydrogen-bond donors (Lipinski definition) is 2. The average molecular weight is 281 g/mol. The van der Waals surface area contributed by atoms with E-state index in [-0.39, 0.29) is 0 Å². The summed E-state index contributed by atoms with van der Waals surface area (Å²) in [5.41, 5.74) is 0.371. The molecular weight excluding hydrogens is 262 g/mol. The number of methoxy groups -OCH3 is 1. The van der Waals surface area contributed by atoms with Crippen LogP contribution >= 0.6 is 0 Å². The molecule has 0 aliphatic rings. The zero-order valence-corrected chi connectivity index (χ0v) is 11.6. The number of aliphatic hydroxyl groups excluding tert-OH is 1. The van der Waals surface area contributed by atoms with Crippen molar-refractivity contribution in [1.82, 2.24) is 5.32 Å². The van der Waals surface area contributed by atoms with Crippen molar-refractivity contribution >= 4 is 11.9 Å². The summed E-state index contributed by atoms with van der Waals surface area (Å²) in [6.07, 6.45) is 0.902. The molecule has 0 fully saturated rings. The molecule has 0 heterocycles. The molecule has 0 aliphatic heterocycles. The van der Waals surface area contributed by atoms with Gasteiger partial charge in [-0.15, -0.1) is 0 Å². The van der Waals surface area contributed by atoms with E-state index in [1.807, 2.05) is 6.92 Å². The molecule has 1 amide bonds. The van der Waals surface area contributed by atoms with Gasteiger partial charge in [0.2, 0.25) is 0 Å². The maximum Gasteiger partial charge on any atom is 0.330 e. The third-order valence-corrected chi connectivity index (χ3v) is 2.56. The maximum atomic E-state index is 11.9. The van der Waals surface area contributed by atoms with Crippen LogP contribution in [0.15, 0.2) is 24.3 Å². The van der Waals surface area contributed by atoms with Gasteiger partial charge >= 0.3 is 5.97 Å².